The standard InChI is InChI=1S/C16H9F6N3O/c17-15(18,19)10-5-9(6-11(7-10)16(20,21)22)14(26)24-12-2-4-25-13(8-12)1-3-23-25/h1-8H,(H,24,26). The maximum Gasteiger partial charge on any atom is 0.416 e. The van der Waals surface area contributed by atoms with Crippen molar-refractivity contribution in [2.45, 2.75) is 12.4 Å². The molecule has 3 rings (SSSR count). The average molecular weight is 373 g/mol. The van der Waals surface area contributed by atoms with Crippen LogP contribution in [0.15, 0.2) is 48.8 Å². The van der Waals surface area contributed by atoms with E-state index in [2.05, 4.69) is 10.4 Å². The van der Waals surface area contributed by atoms with Crippen LogP contribution in [0.1, 0.15) is 21.5 Å². The highest BCUT2D eigenvalue weighted by atomic mass is 19.4. The van der Waals surface area contributed by atoms with Crippen molar-refractivity contribution in [3.63, 3.8) is 0 Å². The Hall–Kier alpha value is -3.04. The number of anilines is 1. The summed E-state index contributed by atoms with van der Waals surface area (Å²) < 4.78 is 78.6. The lowest BCUT2D eigenvalue weighted by Gasteiger charge is -2.14. The van der Waals surface area contributed by atoms with E-state index >= 15 is 0 Å². The molecule has 0 aliphatic rings. The molecule has 1 N–H and O–H groups in total. The first-order valence-corrected chi connectivity index (χ1v) is 7.08. The van der Waals surface area contributed by atoms with E-state index in [4.69, 9.17) is 0 Å². The Morgan fingerprint density at radius 2 is 1.54 bits per heavy atom. The van der Waals surface area contributed by atoms with Crippen molar-refractivity contribution in [1.29, 1.82) is 0 Å². The van der Waals surface area contributed by atoms with Crippen LogP contribution >= 0.6 is 0 Å². The normalized spacial score (nSPS) is 12.4. The fourth-order valence-corrected chi connectivity index (χ4v) is 2.29. The zero-order chi connectivity index (χ0) is 19.1. The SMILES string of the molecule is O=C(Nc1ccn2nccc2c1)c1cc(C(F)(F)F)cc(C(F)(F)F)c1. The second-order valence-corrected chi connectivity index (χ2v) is 5.36. The summed E-state index contributed by atoms with van der Waals surface area (Å²) in [5, 5.41) is 6.21. The number of pyridine rings is 1. The number of aromatic nitrogens is 2. The summed E-state index contributed by atoms with van der Waals surface area (Å²) in [4.78, 5) is 12.2. The number of alkyl halides is 6. The Labute approximate surface area is 142 Å². The predicted octanol–water partition coefficient (Wildman–Crippen LogP) is 4.62. The van der Waals surface area contributed by atoms with E-state index in [1.807, 2.05) is 0 Å². The first kappa shape index (κ1) is 17.8. The van der Waals surface area contributed by atoms with Gasteiger partial charge in [0.25, 0.3) is 5.91 Å². The van der Waals surface area contributed by atoms with Crippen LogP contribution in [0.5, 0.6) is 0 Å². The molecule has 1 aromatic carbocycles. The number of nitrogens with zero attached hydrogens (tertiary/aromatic N) is 2. The number of fused-ring (bicyclic) bond motifs is 1. The third kappa shape index (κ3) is 3.63. The van der Waals surface area contributed by atoms with Gasteiger partial charge in [-0.15, -0.1) is 0 Å². The third-order valence-corrected chi connectivity index (χ3v) is 3.51. The molecule has 0 fully saturated rings. The number of amides is 1. The van der Waals surface area contributed by atoms with Gasteiger partial charge in [-0.05, 0) is 36.4 Å². The van der Waals surface area contributed by atoms with E-state index in [0.717, 1.165) is 0 Å². The summed E-state index contributed by atoms with van der Waals surface area (Å²) in [6.45, 7) is 0. The van der Waals surface area contributed by atoms with Crippen molar-refractivity contribution < 1.29 is 31.1 Å². The molecule has 0 bridgehead atoms. The molecule has 0 spiro atoms. The molecule has 4 nitrogen and oxygen atoms in total. The minimum atomic E-state index is -5.02. The fraction of sp³-hybridized carbons (Fsp3) is 0.125. The van der Waals surface area contributed by atoms with Gasteiger partial charge in [0.05, 0.1) is 16.6 Å². The predicted molar refractivity (Wildman–Crippen MR) is 79.6 cm³/mol. The molecule has 3 aromatic rings. The third-order valence-electron chi connectivity index (χ3n) is 3.51. The van der Waals surface area contributed by atoms with E-state index in [1.54, 1.807) is 6.07 Å². The molecule has 1 amide bonds. The van der Waals surface area contributed by atoms with Crippen molar-refractivity contribution in [2.75, 3.05) is 5.32 Å². The molecule has 0 aliphatic heterocycles. The van der Waals surface area contributed by atoms with Gasteiger partial charge in [0.15, 0.2) is 0 Å². The summed E-state index contributed by atoms with van der Waals surface area (Å²) in [7, 11) is 0. The number of nitrogens with one attached hydrogen (secondary N) is 1. The van der Waals surface area contributed by atoms with Crippen LogP contribution in [0.2, 0.25) is 0 Å². The van der Waals surface area contributed by atoms with E-state index in [1.165, 1.54) is 29.0 Å². The zero-order valence-corrected chi connectivity index (χ0v) is 12.7. The first-order chi connectivity index (χ1) is 12.0. The van der Waals surface area contributed by atoms with Crippen molar-refractivity contribution in [2.24, 2.45) is 0 Å². The number of benzene rings is 1. The molecule has 0 aliphatic carbocycles. The quantitative estimate of drug-likeness (QED) is 0.666. The van der Waals surface area contributed by atoms with Gasteiger partial charge in [-0.25, -0.2) is 4.52 Å². The average Bonchev–Trinajstić information content (AvgIpc) is 3.00. The van der Waals surface area contributed by atoms with Crippen molar-refractivity contribution >= 4 is 17.1 Å². The summed E-state index contributed by atoms with van der Waals surface area (Å²) in [6.07, 6.45) is -7.07. The van der Waals surface area contributed by atoms with Crippen molar-refractivity contribution in [3.8, 4) is 0 Å². The highest BCUT2D eigenvalue weighted by Gasteiger charge is 2.37. The molecule has 26 heavy (non-hydrogen) atoms. The lowest BCUT2D eigenvalue weighted by molar-refractivity contribution is -0.143. The molecule has 0 radical (unpaired) electrons. The maximum atomic E-state index is 12.9. The second-order valence-electron chi connectivity index (χ2n) is 5.36. The van der Waals surface area contributed by atoms with Gasteiger partial charge in [0.2, 0.25) is 0 Å². The van der Waals surface area contributed by atoms with Crippen LogP contribution in [0, 0.1) is 0 Å². The van der Waals surface area contributed by atoms with Crippen molar-refractivity contribution in [3.05, 3.63) is 65.5 Å². The second kappa shape index (κ2) is 6.04. The largest absolute Gasteiger partial charge is 0.416 e. The summed E-state index contributed by atoms with van der Waals surface area (Å²) in [6, 6.07) is 5.22. The highest BCUT2D eigenvalue weighted by Crippen LogP contribution is 2.36. The maximum absolute atomic E-state index is 12.9. The minimum absolute atomic E-state index is 0.0326. The van der Waals surface area contributed by atoms with E-state index in [9.17, 15) is 31.1 Å². The summed E-state index contributed by atoms with van der Waals surface area (Å²) in [5.74, 6) is -1.09. The number of halogens is 6. The van der Waals surface area contributed by atoms with Gasteiger partial charge in [0, 0.05) is 23.6 Å². The van der Waals surface area contributed by atoms with E-state index < -0.39 is 35.0 Å². The Morgan fingerprint density at radius 3 is 2.12 bits per heavy atom. The van der Waals surface area contributed by atoms with Crippen LogP contribution in [0.3, 0.4) is 0 Å². The molecule has 0 unspecified atom stereocenters. The minimum Gasteiger partial charge on any atom is -0.322 e. The molecule has 10 heteroatoms. The van der Waals surface area contributed by atoms with Gasteiger partial charge in [-0.2, -0.15) is 31.4 Å². The van der Waals surface area contributed by atoms with E-state index in [0.29, 0.717) is 17.6 Å². The number of hydrogen-bond acceptors (Lipinski definition) is 2. The van der Waals surface area contributed by atoms with Crippen LogP contribution < -0.4 is 5.32 Å². The van der Waals surface area contributed by atoms with Crippen molar-refractivity contribution in [1.82, 2.24) is 9.61 Å². The van der Waals surface area contributed by atoms with Crippen LogP contribution in [0.4, 0.5) is 32.0 Å². The topological polar surface area (TPSA) is 46.4 Å². The summed E-state index contributed by atoms with van der Waals surface area (Å²) in [5.41, 5.74) is -3.07. The Morgan fingerprint density at radius 1 is 0.923 bits per heavy atom. The molecular formula is C16H9F6N3O. The Bertz CT molecular complexity index is 942. The van der Waals surface area contributed by atoms with Crippen LogP contribution in [-0.4, -0.2) is 15.5 Å². The lowest BCUT2D eigenvalue weighted by atomic mass is 10.0. The lowest BCUT2D eigenvalue weighted by Crippen LogP contribution is -2.17. The number of hydrogen-bond donors (Lipinski definition) is 1. The van der Waals surface area contributed by atoms with Crippen LogP contribution in [0.25, 0.3) is 5.52 Å². The van der Waals surface area contributed by atoms with Crippen LogP contribution in [-0.2, 0) is 12.4 Å². The molecule has 136 valence electrons. The van der Waals surface area contributed by atoms with E-state index in [-0.39, 0.29) is 11.8 Å². The zero-order valence-electron chi connectivity index (χ0n) is 12.7. The molecule has 0 atom stereocenters. The monoisotopic (exact) mass is 373 g/mol. The van der Waals surface area contributed by atoms with Gasteiger partial charge in [-0.3, -0.25) is 4.79 Å². The molecule has 2 aromatic heterocycles. The first-order valence-electron chi connectivity index (χ1n) is 7.08. The molecule has 2 heterocycles. The summed E-state index contributed by atoms with van der Waals surface area (Å²) >= 11 is 0. The number of carbonyl (C=O) groups is 1. The van der Waals surface area contributed by atoms with Gasteiger partial charge in [0.1, 0.15) is 0 Å². The fourth-order valence-electron chi connectivity index (χ4n) is 2.29. The molecule has 0 saturated carbocycles. The molecular weight excluding hydrogens is 364 g/mol. The van der Waals surface area contributed by atoms with Gasteiger partial charge < -0.3 is 5.32 Å². The number of rotatable bonds is 2. The van der Waals surface area contributed by atoms with Gasteiger partial charge in [-0.1, -0.05) is 0 Å². The Balaban J connectivity index is 1.97. The molecule has 0 saturated heterocycles. The number of carbonyl (C=O) groups excluding carboxylic acids is 1. The smallest absolute Gasteiger partial charge is 0.322 e. The van der Waals surface area contributed by atoms with Gasteiger partial charge >= 0.3 is 12.4 Å². The highest BCUT2D eigenvalue weighted by molar-refractivity contribution is 6.04. The Kier molecular flexibility index (Phi) is 4.13.